The number of nitrogens with one attached hydrogen (secondary N) is 1. The molecule has 15 heavy (non-hydrogen) atoms. The van der Waals surface area contributed by atoms with Gasteiger partial charge < -0.3 is 11.1 Å². The molecular formula is C11H17N3S. The Bertz CT molecular complexity index is 310. The van der Waals surface area contributed by atoms with Crippen molar-refractivity contribution in [3.05, 3.63) is 18.3 Å². The summed E-state index contributed by atoms with van der Waals surface area (Å²) in [5.41, 5.74) is 6.73. The van der Waals surface area contributed by atoms with Crippen LogP contribution < -0.4 is 11.1 Å². The first-order valence-corrected chi connectivity index (χ1v) is 6.54. The summed E-state index contributed by atoms with van der Waals surface area (Å²) >= 11 is 2.06. The van der Waals surface area contributed by atoms with Crippen LogP contribution in [-0.4, -0.2) is 23.0 Å². The summed E-state index contributed by atoms with van der Waals surface area (Å²) in [6.07, 6.45) is 4.35. The van der Waals surface area contributed by atoms with Crippen molar-refractivity contribution >= 4 is 23.3 Å². The van der Waals surface area contributed by atoms with Crippen LogP contribution >= 0.6 is 11.8 Å². The van der Waals surface area contributed by atoms with Crippen LogP contribution in [0.4, 0.5) is 11.5 Å². The molecule has 1 aliphatic rings. The maximum atomic E-state index is 5.76. The smallest absolute Gasteiger partial charge is 0.146 e. The summed E-state index contributed by atoms with van der Waals surface area (Å²) in [6.45, 7) is 1.02. The van der Waals surface area contributed by atoms with Crippen molar-refractivity contribution in [2.75, 3.05) is 29.1 Å². The zero-order valence-electron chi connectivity index (χ0n) is 8.78. The standard InChI is InChI=1S/C11H17N3S/c12-11-10(2-1-5-13-11)14-8-9-3-6-15-7-4-9/h1-2,5,9,14H,3-4,6-8H2,(H2,12,13). The third kappa shape index (κ3) is 3.02. The van der Waals surface area contributed by atoms with Crippen LogP contribution in [0, 0.1) is 5.92 Å². The van der Waals surface area contributed by atoms with Gasteiger partial charge in [0.25, 0.3) is 0 Å². The number of pyridine rings is 1. The van der Waals surface area contributed by atoms with Gasteiger partial charge in [0.15, 0.2) is 0 Å². The first kappa shape index (κ1) is 10.6. The Labute approximate surface area is 94.8 Å². The Morgan fingerprint density at radius 3 is 3.00 bits per heavy atom. The fraction of sp³-hybridized carbons (Fsp3) is 0.545. The highest BCUT2D eigenvalue weighted by molar-refractivity contribution is 7.99. The summed E-state index contributed by atoms with van der Waals surface area (Å²) in [4.78, 5) is 4.05. The van der Waals surface area contributed by atoms with E-state index in [0.717, 1.165) is 18.2 Å². The number of nitrogens with zero attached hydrogens (tertiary/aromatic N) is 1. The molecule has 0 spiro atoms. The number of rotatable bonds is 3. The minimum atomic E-state index is 0.600. The van der Waals surface area contributed by atoms with E-state index in [1.165, 1.54) is 24.3 Å². The third-order valence-electron chi connectivity index (χ3n) is 2.76. The van der Waals surface area contributed by atoms with Crippen molar-refractivity contribution in [2.24, 2.45) is 5.92 Å². The molecule has 0 aliphatic carbocycles. The van der Waals surface area contributed by atoms with Crippen molar-refractivity contribution in [2.45, 2.75) is 12.8 Å². The van der Waals surface area contributed by atoms with Gasteiger partial charge in [-0.05, 0) is 42.4 Å². The summed E-state index contributed by atoms with van der Waals surface area (Å²) in [5.74, 6) is 4.00. The van der Waals surface area contributed by atoms with Crippen molar-refractivity contribution in [1.29, 1.82) is 0 Å². The van der Waals surface area contributed by atoms with Crippen LogP contribution in [0.2, 0.25) is 0 Å². The van der Waals surface area contributed by atoms with Crippen LogP contribution in [0.3, 0.4) is 0 Å². The van der Waals surface area contributed by atoms with Crippen molar-refractivity contribution in [3.63, 3.8) is 0 Å². The third-order valence-corrected chi connectivity index (χ3v) is 3.81. The fourth-order valence-corrected chi connectivity index (χ4v) is 2.98. The van der Waals surface area contributed by atoms with Gasteiger partial charge in [0, 0.05) is 12.7 Å². The molecule has 1 fully saturated rings. The first-order chi connectivity index (χ1) is 7.36. The molecule has 0 atom stereocenters. The summed E-state index contributed by atoms with van der Waals surface area (Å²) in [6, 6.07) is 3.90. The highest BCUT2D eigenvalue weighted by atomic mass is 32.2. The van der Waals surface area contributed by atoms with Gasteiger partial charge in [0.05, 0.1) is 5.69 Å². The molecule has 1 aromatic rings. The van der Waals surface area contributed by atoms with Gasteiger partial charge in [-0.3, -0.25) is 0 Å². The van der Waals surface area contributed by atoms with Gasteiger partial charge in [-0.1, -0.05) is 0 Å². The lowest BCUT2D eigenvalue weighted by Gasteiger charge is -2.22. The van der Waals surface area contributed by atoms with E-state index < -0.39 is 0 Å². The number of thioether (sulfide) groups is 1. The van der Waals surface area contributed by atoms with Gasteiger partial charge in [0.2, 0.25) is 0 Å². The van der Waals surface area contributed by atoms with E-state index >= 15 is 0 Å². The molecule has 0 amide bonds. The number of aromatic nitrogens is 1. The molecule has 4 heteroatoms. The number of nitrogen functional groups attached to an aromatic ring is 1. The quantitative estimate of drug-likeness (QED) is 0.825. The Balaban J connectivity index is 1.84. The highest BCUT2D eigenvalue weighted by Gasteiger charge is 2.13. The lowest BCUT2D eigenvalue weighted by Crippen LogP contribution is -2.19. The van der Waals surface area contributed by atoms with Gasteiger partial charge in [-0.25, -0.2) is 4.98 Å². The molecule has 1 aromatic heterocycles. The second-order valence-electron chi connectivity index (χ2n) is 3.87. The normalized spacial score (nSPS) is 17.6. The second-order valence-corrected chi connectivity index (χ2v) is 5.10. The fourth-order valence-electron chi connectivity index (χ4n) is 1.77. The van der Waals surface area contributed by atoms with Gasteiger partial charge in [-0.2, -0.15) is 11.8 Å². The van der Waals surface area contributed by atoms with Crippen molar-refractivity contribution in [3.8, 4) is 0 Å². The minimum absolute atomic E-state index is 0.600. The monoisotopic (exact) mass is 223 g/mol. The van der Waals surface area contributed by atoms with E-state index in [0.29, 0.717) is 5.82 Å². The van der Waals surface area contributed by atoms with Crippen LogP contribution in [0.25, 0.3) is 0 Å². The van der Waals surface area contributed by atoms with Gasteiger partial charge in [0.1, 0.15) is 5.82 Å². The average Bonchev–Trinajstić information content (AvgIpc) is 2.29. The molecular weight excluding hydrogens is 206 g/mol. The van der Waals surface area contributed by atoms with E-state index in [1.54, 1.807) is 6.20 Å². The molecule has 0 unspecified atom stereocenters. The van der Waals surface area contributed by atoms with E-state index in [1.807, 2.05) is 12.1 Å². The molecule has 0 aromatic carbocycles. The van der Waals surface area contributed by atoms with E-state index in [2.05, 4.69) is 22.1 Å². The lowest BCUT2D eigenvalue weighted by atomic mass is 10.0. The van der Waals surface area contributed by atoms with E-state index in [4.69, 9.17) is 5.73 Å². The Hall–Kier alpha value is -0.900. The SMILES string of the molecule is Nc1ncccc1NCC1CCSCC1. The Morgan fingerprint density at radius 1 is 1.47 bits per heavy atom. The highest BCUT2D eigenvalue weighted by Crippen LogP contribution is 2.23. The molecule has 2 rings (SSSR count). The number of anilines is 2. The Kier molecular flexibility index (Phi) is 3.72. The van der Waals surface area contributed by atoms with Crippen LogP contribution in [-0.2, 0) is 0 Å². The molecule has 1 saturated heterocycles. The van der Waals surface area contributed by atoms with Crippen molar-refractivity contribution < 1.29 is 0 Å². The van der Waals surface area contributed by atoms with E-state index in [-0.39, 0.29) is 0 Å². The second kappa shape index (κ2) is 5.26. The maximum Gasteiger partial charge on any atom is 0.146 e. The molecule has 3 nitrogen and oxygen atoms in total. The maximum absolute atomic E-state index is 5.76. The predicted molar refractivity (Wildman–Crippen MR) is 67.2 cm³/mol. The molecule has 0 radical (unpaired) electrons. The van der Waals surface area contributed by atoms with Crippen LogP contribution in [0.5, 0.6) is 0 Å². The molecule has 0 saturated carbocycles. The lowest BCUT2D eigenvalue weighted by molar-refractivity contribution is 0.516. The largest absolute Gasteiger partial charge is 0.382 e. The molecule has 82 valence electrons. The first-order valence-electron chi connectivity index (χ1n) is 5.38. The zero-order valence-corrected chi connectivity index (χ0v) is 9.59. The summed E-state index contributed by atoms with van der Waals surface area (Å²) in [7, 11) is 0. The number of nitrogens with two attached hydrogens (primary N) is 1. The average molecular weight is 223 g/mol. The molecule has 1 aliphatic heterocycles. The summed E-state index contributed by atoms with van der Waals surface area (Å²) < 4.78 is 0. The zero-order chi connectivity index (χ0) is 10.5. The molecule has 3 N–H and O–H groups in total. The molecule has 2 heterocycles. The van der Waals surface area contributed by atoms with Crippen LogP contribution in [0.15, 0.2) is 18.3 Å². The van der Waals surface area contributed by atoms with Crippen molar-refractivity contribution in [1.82, 2.24) is 4.98 Å². The van der Waals surface area contributed by atoms with Crippen LogP contribution in [0.1, 0.15) is 12.8 Å². The molecule has 0 bridgehead atoms. The number of hydrogen-bond acceptors (Lipinski definition) is 4. The number of hydrogen-bond donors (Lipinski definition) is 2. The van der Waals surface area contributed by atoms with Gasteiger partial charge in [-0.15, -0.1) is 0 Å². The van der Waals surface area contributed by atoms with Gasteiger partial charge >= 0.3 is 0 Å². The topological polar surface area (TPSA) is 50.9 Å². The Morgan fingerprint density at radius 2 is 2.27 bits per heavy atom. The summed E-state index contributed by atoms with van der Waals surface area (Å²) in [5, 5.41) is 3.39. The minimum Gasteiger partial charge on any atom is -0.382 e. The van der Waals surface area contributed by atoms with E-state index in [9.17, 15) is 0 Å². The predicted octanol–water partition coefficient (Wildman–Crippen LogP) is 2.22.